The average Bonchev–Trinajstić information content (AvgIpc) is 3.22. The lowest BCUT2D eigenvalue weighted by molar-refractivity contribution is 0.296. The zero-order valence-electron chi connectivity index (χ0n) is 13.0. The van der Waals surface area contributed by atoms with Crippen LogP contribution < -0.4 is 0 Å². The van der Waals surface area contributed by atoms with Gasteiger partial charge in [0.15, 0.2) is 0 Å². The molecule has 0 N–H and O–H groups in total. The number of benzene rings is 1. The predicted molar refractivity (Wildman–Crippen MR) is 92.6 cm³/mol. The molecule has 7 heteroatoms. The average molecular weight is 351 g/mol. The highest BCUT2D eigenvalue weighted by atomic mass is 32.2. The van der Waals surface area contributed by atoms with E-state index in [1.807, 2.05) is 18.2 Å². The van der Waals surface area contributed by atoms with Crippen LogP contribution in [0.1, 0.15) is 43.2 Å². The smallest absolute Gasteiger partial charge is 0.239 e. The Morgan fingerprint density at radius 1 is 1.04 bits per heavy atom. The van der Waals surface area contributed by atoms with E-state index >= 15 is 0 Å². The van der Waals surface area contributed by atoms with Gasteiger partial charge < -0.3 is 0 Å². The van der Waals surface area contributed by atoms with Gasteiger partial charge in [-0.25, -0.2) is 4.98 Å². The molecule has 2 fully saturated rings. The van der Waals surface area contributed by atoms with Crippen molar-refractivity contribution in [1.82, 2.24) is 13.6 Å². The molecule has 0 aliphatic carbocycles. The van der Waals surface area contributed by atoms with E-state index in [4.69, 9.17) is 4.98 Å². The summed E-state index contributed by atoms with van der Waals surface area (Å²) in [5.74, 6) is 0. The number of fused-ring (bicyclic) bond motifs is 1. The molecule has 2 aromatic rings. The largest absolute Gasteiger partial charge is 0.282 e. The highest BCUT2D eigenvalue weighted by Gasteiger charge is 2.40. The molecule has 0 spiro atoms. The first-order chi connectivity index (χ1) is 11.2. The molecule has 0 bridgehead atoms. The Kier molecular flexibility index (Phi) is 4.13. The summed E-state index contributed by atoms with van der Waals surface area (Å²) in [7, 11) is -3.36. The molecule has 0 radical (unpaired) electrons. The zero-order chi connectivity index (χ0) is 15.9. The van der Waals surface area contributed by atoms with Gasteiger partial charge >= 0.3 is 0 Å². The molecule has 2 aliphatic rings. The Balaban J connectivity index is 1.65. The molecule has 124 valence electrons. The molecular weight excluding hydrogens is 330 g/mol. The molecule has 4 rings (SSSR count). The zero-order valence-corrected chi connectivity index (χ0v) is 14.7. The SMILES string of the molecule is O=S(=O)(N1CCCCC1)N1CCCC1c1nc2ccccc2s1. The van der Waals surface area contributed by atoms with Gasteiger partial charge in [-0.2, -0.15) is 17.0 Å². The Hall–Kier alpha value is -1.02. The third-order valence-electron chi connectivity index (χ3n) is 4.74. The van der Waals surface area contributed by atoms with Gasteiger partial charge in [-0.05, 0) is 37.8 Å². The summed E-state index contributed by atoms with van der Waals surface area (Å²) in [5, 5.41) is 0.935. The summed E-state index contributed by atoms with van der Waals surface area (Å²) in [6, 6.07) is 7.92. The van der Waals surface area contributed by atoms with Gasteiger partial charge in [0.1, 0.15) is 5.01 Å². The minimum Gasteiger partial charge on any atom is -0.239 e. The molecule has 0 saturated carbocycles. The molecule has 2 aliphatic heterocycles. The molecule has 1 atom stereocenters. The van der Waals surface area contributed by atoms with Crippen LogP contribution in [0.5, 0.6) is 0 Å². The Morgan fingerprint density at radius 3 is 2.61 bits per heavy atom. The van der Waals surface area contributed by atoms with Crippen LogP contribution in [0.2, 0.25) is 0 Å². The van der Waals surface area contributed by atoms with E-state index in [0.29, 0.717) is 19.6 Å². The van der Waals surface area contributed by atoms with Crippen molar-refractivity contribution in [2.24, 2.45) is 0 Å². The lowest BCUT2D eigenvalue weighted by Crippen LogP contribution is -2.45. The lowest BCUT2D eigenvalue weighted by Gasteiger charge is -2.32. The quantitative estimate of drug-likeness (QED) is 0.853. The lowest BCUT2D eigenvalue weighted by atomic mass is 10.2. The van der Waals surface area contributed by atoms with Gasteiger partial charge in [0.25, 0.3) is 10.2 Å². The second-order valence-corrected chi connectivity index (χ2v) is 9.20. The number of hydrogen-bond donors (Lipinski definition) is 0. The molecule has 0 amide bonds. The number of nitrogens with zero attached hydrogens (tertiary/aromatic N) is 3. The number of rotatable bonds is 3. The fraction of sp³-hybridized carbons (Fsp3) is 0.562. The molecular formula is C16H21N3O2S2. The normalized spacial score (nSPS) is 24.4. The highest BCUT2D eigenvalue weighted by Crippen LogP contribution is 2.39. The molecule has 2 saturated heterocycles. The summed E-state index contributed by atoms with van der Waals surface area (Å²) in [4.78, 5) is 4.70. The first kappa shape index (κ1) is 15.5. The van der Waals surface area contributed by atoms with E-state index in [2.05, 4.69) is 6.07 Å². The van der Waals surface area contributed by atoms with Gasteiger partial charge in [-0.3, -0.25) is 0 Å². The number of thiazole rings is 1. The van der Waals surface area contributed by atoms with Gasteiger partial charge in [0.2, 0.25) is 0 Å². The van der Waals surface area contributed by atoms with Gasteiger partial charge in [0.05, 0.1) is 16.3 Å². The summed E-state index contributed by atoms with van der Waals surface area (Å²) in [5.41, 5.74) is 0.967. The molecule has 5 nitrogen and oxygen atoms in total. The van der Waals surface area contributed by atoms with Crippen LogP contribution in [0, 0.1) is 0 Å². The topological polar surface area (TPSA) is 53.5 Å². The van der Waals surface area contributed by atoms with Crippen LogP contribution in [-0.4, -0.2) is 41.6 Å². The second-order valence-electron chi connectivity index (χ2n) is 6.26. The van der Waals surface area contributed by atoms with Crippen LogP contribution in [0.15, 0.2) is 24.3 Å². The molecule has 1 aromatic carbocycles. The van der Waals surface area contributed by atoms with Crippen molar-refractivity contribution in [3.8, 4) is 0 Å². The fourth-order valence-electron chi connectivity index (χ4n) is 3.54. The monoisotopic (exact) mass is 351 g/mol. The maximum absolute atomic E-state index is 13.0. The minimum absolute atomic E-state index is 0.0978. The number of aromatic nitrogens is 1. The number of piperidine rings is 1. The molecule has 1 aromatic heterocycles. The third-order valence-corrected chi connectivity index (χ3v) is 7.92. The molecule has 3 heterocycles. The van der Waals surface area contributed by atoms with E-state index in [1.54, 1.807) is 19.9 Å². The van der Waals surface area contributed by atoms with E-state index < -0.39 is 10.2 Å². The van der Waals surface area contributed by atoms with Crippen LogP contribution in [0.25, 0.3) is 10.2 Å². The highest BCUT2D eigenvalue weighted by molar-refractivity contribution is 7.86. The van der Waals surface area contributed by atoms with Crippen molar-refractivity contribution in [1.29, 1.82) is 0 Å². The van der Waals surface area contributed by atoms with Crippen molar-refractivity contribution >= 4 is 31.8 Å². The third kappa shape index (κ3) is 2.80. The number of hydrogen-bond acceptors (Lipinski definition) is 4. The summed E-state index contributed by atoms with van der Waals surface area (Å²) < 4.78 is 30.5. The van der Waals surface area contributed by atoms with E-state index in [-0.39, 0.29) is 6.04 Å². The van der Waals surface area contributed by atoms with E-state index in [0.717, 1.165) is 47.3 Å². The predicted octanol–water partition coefficient (Wildman–Crippen LogP) is 3.16. The first-order valence-corrected chi connectivity index (χ1v) is 10.5. The Morgan fingerprint density at radius 2 is 1.83 bits per heavy atom. The van der Waals surface area contributed by atoms with E-state index in [1.165, 1.54) is 0 Å². The maximum Gasteiger partial charge on any atom is 0.282 e. The van der Waals surface area contributed by atoms with Crippen LogP contribution >= 0.6 is 11.3 Å². The van der Waals surface area contributed by atoms with Crippen LogP contribution in [-0.2, 0) is 10.2 Å². The maximum atomic E-state index is 13.0. The Bertz CT molecular complexity index is 764. The fourth-order valence-corrected chi connectivity index (χ4v) is 6.62. The standard InChI is InChI=1S/C16H21N3O2S2/c20-23(21,18-10-4-1-5-11-18)19-12-6-8-14(19)16-17-13-7-2-3-9-15(13)22-16/h2-3,7,9,14H,1,4-6,8,10-12H2. The van der Waals surface area contributed by atoms with Gasteiger partial charge in [-0.15, -0.1) is 11.3 Å². The first-order valence-electron chi connectivity index (χ1n) is 8.29. The van der Waals surface area contributed by atoms with Crippen LogP contribution in [0.4, 0.5) is 0 Å². The summed E-state index contributed by atoms with van der Waals surface area (Å²) >= 11 is 1.63. The summed E-state index contributed by atoms with van der Waals surface area (Å²) in [6.07, 6.45) is 4.85. The van der Waals surface area contributed by atoms with E-state index in [9.17, 15) is 8.42 Å². The van der Waals surface area contributed by atoms with Crippen molar-refractivity contribution in [3.05, 3.63) is 29.3 Å². The van der Waals surface area contributed by atoms with Crippen LogP contribution in [0.3, 0.4) is 0 Å². The minimum atomic E-state index is -3.36. The van der Waals surface area contributed by atoms with Crippen molar-refractivity contribution < 1.29 is 8.42 Å². The second kappa shape index (κ2) is 6.12. The number of para-hydroxylation sites is 1. The summed E-state index contributed by atoms with van der Waals surface area (Å²) in [6.45, 7) is 1.93. The molecule has 1 unspecified atom stereocenters. The van der Waals surface area contributed by atoms with Crippen molar-refractivity contribution in [3.63, 3.8) is 0 Å². The Labute approximate surface area is 141 Å². The van der Waals surface area contributed by atoms with Crippen molar-refractivity contribution in [2.45, 2.75) is 38.1 Å². The van der Waals surface area contributed by atoms with Gasteiger partial charge in [-0.1, -0.05) is 18.6 Å². The molecule has 23 heavy (non-hydrogen) atoms. The van der Waals surface area contributed by atoms with Gasteiger partial charge in [0, 0.05) is 19.6 Å². The van der Waals surface area contributed by atoms with Crippen molar-refractivity contribution in [2.75, 3.05) is 19.6 Å².